The zero-order valence-electron chi connectivity index (χ0n) is 15.1. The number of H-pyrrole nitrogens is 1. The highest BCUT2D eigenvalue weighted by molar-refractivity contribution is 5.42. The predicted octanol–water partition coefficient (Wildman–Crippen LogP) is 2.16. The van der Waals surface area contributed by atoms with Crippen molar-refractivity contribution in [2.75, 3.05) is 6.54 Å². The number of phenols is 1. The Morgan fingerprint density at radius 2 is 2.11 bits per heavy atom. The molecule has 0 bridgehead atoms. The van der Waals surface area contributed by atoms with E-state index >= 15 is 0 Å². The van der Waals surface area contributed by atoms with E-state index in [9.17, 15) is 15.3 Å². The second-order valence-corrected chi connectivity index (χ2v) is 6.84. The smallest absolute Gasteiger partial charge is 0.141 e. The SMILES string of the molecule is Cc1ncc(CO)c(CN2CCc3[nH]cnc3[C@@H]2c2cccc(O)c2)c1O. The fourth-order valence-electron chi connectivity index (χ4n) is 3.76. The molecular formula is C20H22N4O3. The fraction of sp³-hybridized carbons (Fsp3) is 0.300. The Kier molecular flexibility index (Phi) is 4.55. The summed E-state index contributed by atoms with van der Waals surface area (Å²) in [5, 5.41) is 30.2. The molecule has 1 atom stereocenters. The highest BCUT2D eigenvalue weighted by atomic mass is 16.3. The van der Waals surface area contributed by atoms with Gasteiger partial charge in [0.1, 0.15) is 11.5 Å². The third kappa shape index (κ3) is 3.15. The lowest BCUT2D eigenvalue weighted by atomic mass is 9.94. The first kappa shape index (κ1) is 17.5. The van der Waals surface area contributed by atoms with Crippen LogP contribution >= 0.6 is 0 Å². The summed E-state index contributed by atoms with van der Waals surface area (Å²) in [6.07, 6.45) is 4.11. The number of aromatic nitrogens is 3. The summed E-state index contributed by atoms with van der Waals surface area (Å²) in [4.78, 5) is 14.1. The molecule has 1 aliphatic heterocycles. The van der Waals surface area contributed by atoms with Crippen molar-refractivity contribution in [3.8, 4) is 11.5 Å². The Balaban J connectivity index is 1.77. The van der Waals surface area contributed by atoms with Crippen molar-refractivity contribution in [1.29, 1.82) is 0 Å². The first-order valence-corrected chi connectivity index (χ1v) is 8.90. The van der Waals surface area contributed by atoms with Crippen LogP contribution in [0.15, 0.2) is 36.8 Å². The van der Waals surface area contributed by atoms with Crippen LogP contribution in [0.4, 0.5) is 0 Å². The van der Waals surface area contributed by atoms with E-state index in [1.165, 1.54) is 0 Å². The minimum Gasteiger partial charge on any atom is -0.508 e. The van der Waals surface area contributed by atoms with Gasteiger partial charge < -0.3 is 20.3 Å². The number of pyridine rings is 1. The van der Waals surface area contributed by atoms with Gasteiger partial charge in [0.25, 0.3) is 0 Å². The van der Waals surface area contributed by atoms with Gasteiger partial charge in [-0.25, -0.2) is 4.98 Å². The van der Waals surface area contributed by atoms with Crippen molar-refractivity contribution in [2.24, 2.45) is 0 Å². The Hall–Kier alpha value is -2.90. The maximum absolute atomic E-state index is 10.5. The van der Waals surface area contributed by atoms with Crippen LogP contribution in [0.3, 0.4) is 0 Å². The number of benzene rings is 1. The lowest BCUT2D eigenvalue weighted by Crippen LogP contribution is -2.36. The molecule has 3 heterocycles. The number of aromatic hydroxyl groups is 2. The molecule has 0 radical (unpaired) electrons. The molecular weight excluding hydrogens is 344 g/mol. The number of hydrogen-bond acceptors (Lipinski definition) is 6. The van der Waals surface area contributed by atoms with E-state index in [0.717, 1.165) is 29.9 Å². The van der Waals surface area contributed by atoms with Crippen LogP contribution in [0.2, 0.25) is 0 Å². The normalized spacial score (nSPS) is 17.0. The summed E-state index contributed by atoms with van der Waals surface area (Å²) in [6.45, 7) is 2.75. The van der Waals surface area contributed by atoms with Gasteiger partial charge in [-0.15, -0.1) is 0 Å². The average molecular weight is 366 g/mol. The first-order chi connectivity index (χ1) is 13.1. The number of fused-ring (bicyclic) bond motifs is 1. The zero-order chi connectivity index (χ0) is 19.0. The van der Waals surface area contributed by atoms with Gasteiger partial charge in [-0.05, 0) is 24.6 Å². The van der Waals surface area contributed by atoms with Crippen LogP contribution in [-0.4, -0.2) is 41.7 Å². The number of imidazole rings is 1. The van der Waals surface area contributed by atoms with Gasteiger partial charge >= 0.3 is 0 Å². The number of phenolic OH excluding ortho intramolecular Hbond substituents is 1. The molecule has 27 heavy (non-hydrogen) atoms. The highest BCUT2D eigenvalue weighted by Gasteiger charge is 2.32. The molecule has 0 fully saturated rings. The van der Waals surface area contributed by atoms with Gasteiger partial charge in [0.15, 0.2) is 0 Å². The van der Waals surface area contributed by atoms with Gasteiger partial charge in [0.05, 0.1) is 30.4 Å². The molecule has 0 unspecified atom stereocenters. The Morgan fingerprint density at radius 3 is 2.89 bits per heavy atom. The fourth-order valence-corrected chi connectivity index (χ4v) is 3.76. The van der Waals surface area contributed by atoms with Crippen molar-refractivity contribution >= 4 is 0 Å². The molecule has 1 aromatic carbocycles. The second kappa shape index (κ2) is 7.02. The van der Waals surface area contributed by atoms with Gasteiger partial charge in [-0.2, -0.15) is 0 Å². The number of aromatic amines is 1. The average Bonchev–Trinajstić information content (AvgIpc) is 3.14. The number of rotatable bonds is 4. The quantitative estimate of drug-likeness (QED) is 0.564. The van der Waals surface area contributed by atoms with Crippen LogP contribution in [0.5, 0.6) is 11.5 Å². The van der Waals surface area contributed by atoms with Crippen molar-refractivity contribution in [2.45, 2.75) is 32.5 Å². The molecule has 3 aromatic rings. The summed E-state index contributed by atoms with van der Waals surface area (Å²) in [6, 6.07) is 7.00. The summed E-state index contributed by atoms with van der Waals surface area (Å²) in [5.74, 6) is 0.317. The summed E-state index contributed by atoms with van der Waals surface area (Å²) in [5.41, 5.74) is 4.75. The molecule has 0 saturated heterocycles. The van der Waals surface area contributed by atoms with E-state index in [1.807, 2.05) is 12.1 Å². The van der Waals surface area contributed by atoms with E-state index in [4.69, 9.17) is 0 Å². The van der Waals surface area contributed by atoms with Crippen LogP contribution in [0.25, 0.3) is 0 Å². The molecule has 0 saturated carbocycles. The van der Waals surface area contributed by atoms with Crippen molar-refractivity contribution < 1.29 is 15.3 Å². The lowest BCUT2D eigenvalue weighted by Gasteiger charge is -2.35. The standard InChI is InChI=1S/C20H22N4O3/c1-12-20(27)16(14(10-25)8-21-12)9-24-6-5-17-18(23-11-22-17)19(24)13-3-2-4-15(26)7-13/h2-4,7-8,11,19,25-27H,5-6,9-10H2,1H3,(H,22,23)/t19-/m0/s1. The molecule has 7 heteroatoms. The summed E-state index contributed by atoms with van der Waals surface area (Å²) < 4.78 is 0. The molecule has 7 nitrogen and oxygen atoms in total. The van der Waals surface area contributed by atoms with Crippen LogP contribution in [0, 0.1) is 6.92 Å². The van der Waals surface area contributed by atoms with Crippen LogP contribution in [-0.2, 0) is 19.6 Å². The molecule has 4 N–H and O–H groups in total. The Labute approximate surface area is 157 Å². The minimum atomic E-state index is -0.186. The van der Waals surface area contributed by atoms with Crippen molar-refractivity contribution in [3.63, 3.8) is 0 Å². The third-order valence-electron chi connectivity index (χ3n) is 5.17. The molecule has 0 spiro atoms. The molecule has 2 aromatic heterocycles. The third-order valence-corrected chi connectivity index (χ3v) is 5.17. The number of nitrogens with one attached hydrogen (secondary N) is 1. The Morgan fingerprint density at radius 1 is 1.26 bits per heavy atom. The Bertz CT molecular complexity index is 970. The molecule has 0 aliphatic carbocycles. The number of aliphatic hydroxyl groups is 1. The zero-order valence-corrected chi connectivity index (χ0v) is 15.1. The number of aliphatic hydroxyl groups excluding tert-OH is 1. The lowest BCUT2D eigenvalue weighted by molar-refractivity contribution is 0.194. The van der Waals surface area contributed by atoms with E-state index in [-0.39, 0.29) is 24.1 Å². The maximum Gasteiger partial charge on any atom is 0.141 e. The maximum atomic E-state index is 10.5. The van der Waals surface area contributed by atoms with Crippen molar-refractivity contribution in [3.05, 3.63) is 70.6 Å². The van der Waals surface area contributed by atoms with Gasteiger partial charge in [-0.3, -0.25) is 9.88 Å². The molecule has 4 rings (SSSR count). The number of nitrogens with zero attached hydrogens (tertiary/aromatic N) is 3. The molecule has 0 amide bonds. The molecule has 140 valence electrons. The highest BCUT2D eigenvalue weighted by Crippen LogP contribution is 2.37. The topological polar surface area (TPSA) is 106 Å². The monoisotopic (exact) mass is 366 g/mol. The second-order valence-electron chi connectivity index (χ2n) is 6.84. The van der Waals surface area contributed by atoms with E-state index in [2.05, 4.69) is 19.9 Å². The predicted molar refractivity (Wildman–Crippen MR) is 99.2 cm³/mol. The summed E-state index contributed by atoms with van der Waals surface area (Å²) in [7, 11) is 0. The molecule has 1 aliphatic rings. The first-order valence-electron chi connectivity index (χ1n) is 8.90. The minimum absolute atomic E-state index is 0.115. The van der Waals surface area contributed by atoms with E-state index < -0.39 is 0 Å². The van der Waals surface area contributed by atoms with Crippen LogP contribution < -0.4 is 0 Å². The van der Waals surface area contributed by atoms with Gasteiger partial charge in [-0.1, -0.05) is 12.1 Å². The van der Waals surface area contributed by atoms with Gasteiger partial charge in [0.2, 0.25) is 0 Å². The number of hydrogen-bond donors (Lipinski definition) is 4. The van der Waals surface area contributed by atoms with E-state index in [0.29, 0.717) is 23.4 Å². The largest absolute Gasteiger partial charge is 0.508 e. The number of aryl methyl sites for hydroxylation is 1. The van der Waals surface area contributed by atoms with Crippen LogP contribution in [0.1, 0.15) is 39.8 Å². The van der Waals surface area contributed by atoms with Crippen molar-refractivity contribution in [1.82, 2.24) is 19.9 Å². The summed E-state index contributed by atoms with van der Waals surface area (Å²) >= 11 is 0. The van der Waals surface area contributed by atoms with E-state index in [1.54, 1.807) is 31.6 Å². The van der Waals surface area contributed by atoms with Gasteiger partial charge in [0, 0.05) is 42.5 Å².